The molecule has 0 saturated carbocycles. The second-order valence-electron chi connectivity index (χ2n) is 5.79. The van der Waals surface area contributed by atoms with E-state index in [0.29, 0.717) is 30.0 Å². The number of primary amides is 1. The molecule has 4 rings (SSSR count). The van der Waals surface area contributed by atoms with Crippen molar-refractivity contribution in [1.29, 1.82) is 0 Å². The van der Waals surface area contributed by atoms with Crippen LogP contribution in [0.3, 0.4) is 0 Å². The number of carbonyl (C=O) groups is 2. The molecule has 0 fully saturated rings. The van der Waals surface area contributed by atoms with Gasteiger partial charge in [0.1, 0.15) is 6.04 Å². The van der Waals surface area contributed by atoms with Crippen LogP contribution in [0.5, 0.6) is 11.5 Å². The highest BCUT2D eigenvalue weighted by atomic mass is 16.7. The highest BCUT2D eigenvalue weighted by Crippen LogP contribution is 2.38. The van der Waals surface area contributed by atoms with Crippen LogP contribution < -0.4 is 15.2 Å². The zero-order valence-electron chi connectivity index (χ0n) is 12.9. The Balaban J connectivity index is 1.75. The van der Waals surface area contributed by atoms with Crippen LogP contribution in [0.25, 0.3) is 0 Å². The summed E-state index contributed by atoms with van der Waals surface area (Å²) in [5.74, 6) is 0.134. The average molecular weight is 324 g/mol. The lowest BCUT2D eigenvalue weighted by atomic mass is 9.91. The third-order valence-corrected chi connectivity index (χ3v) is 4.44. The molecule has 0 bridgehead atoms. The Labute approximate surface area is 138 Å². The Morgan fingerprint density at radius 1 is 1.08 bits per heavy atom. The molecule has 0 aromatic heterocycles. The summed E-state index contributed by atoms with van der Waals surface area (Å²) in [4.78, 5) is 26.7. The Morgan fingerprint density at radius 2 is 1.92 bits per heavy atom. The zero-order valence-corrected chi connectivity index (χ0v) is 12.9. The first-order chi connectivity index (χ1) is 11.7. The third kappa shape index (κ3) is 2.19. The van der Waals surface area contributed by atoms with Gasteiger partial charge in [0.15, 0.2) is 11.5 Å². The summed E-state index contributed by atoms with van der Waals surface area (Å²) in [6, 6.07) is 12.0. The van der Waals surface area contributed by atoms with Crippen molar-refractivity contribution in [2.24, 2.45) is 5.73 Å². The van der Waals surface area contributed by atoms with E-state index in [1.807, 2.05) is 24.3 Å². The smallest absolute Gasteiger partial charge is 0.258 e. The van der Waals surface area contributed by atoms with Crippen molar-refractivity contribution < 1.29 is 19.1 Å². The maximum atomic E-state index is 13.1. The molecule has 1 atom stereocenters. The molecular formula is C18H16N2O4. The second-order valence-corrected chi connectivity index (χ2v) is 5.79. The lowest BCUT2D eigenvalue weighted by Gasteiger charge is -2.35. The van der Waals surface area contributed by atoms with Gasteiger partial charge in [-0.2, -0.15) is 0 Å². The van der Waals surface area contributed by atoms with Gasteiger partial charge >= 0.3 is 0 Å². The Morgan fingerprint density at radius 3 is 2.75 bits per heavy atom. The van der Waals surface area contributed by atoms with Gasteiger partial charge in [0, 0.05) is 6.54 Å². The molecule has 2 aliphatic heterocycles. The maximum absolute atomic E-state index is 13.1. The highest BCUT2D eigenvalue weighted by molar-refractivity contribution is 6.00. The number of para-hydroxylation sites is 1. The van der Waals surface area contributed by atoms with Crippen LogP contribution in [0.4, 0.5) is 0 Å². The van der Waals surface area contributed by atoms with E-state index in [4.69, 9.17) is 15.2 Å². The van der Waals surface area contributed by atoms with Crippen LogP contribution in [-0.2, 0) is 11.2 Å². The van der Waals surface area contributed by atoms with Gasteiger partial charge in [-0.25, -0.2) is 0 Å². The fraction of sp³-hybridized carbons (Fsp3) is 0.222. The van der Waals surface area contributed by atoms with Gasteiger partial charge in [0.05, 0.1) is 5.56 Å². The quantitative estimate of drug-likeness (QED) is 0.910. The fourth-order valence-electron chi connectivity index (χ4n) is 3.35. The molecule has 0 saturated heterocycles. The van der Waals surface area contributed by atoms with Crippen molar-refractivity contribution in [2.75, 3.05) is 13.3 Å². The van der Waals surface area contributed by atoms with Crippen LogP contribution in [0.15, 0.2) is 42.5 Å². The first-order valence-electron chi connectivity index (χ1n) is 7.73. The predicted molar refractivity (Wildman–Crippen MR) is 85.7 cm³/mol. The third-order valence-electron chi connectivity index (χ3n) is 4.44. The molecule has 2 aromatic rings. The van der Waals surface area contributed by atoms with E-state index >= 15 is 0 Å². The van der Waals surface area contributed by atoms with Gasteiger partial charge in [-0.3, -0.25) is 9.59 Å². The van der Waals surface area contributed by atoms with Crippen LogP contribution >= 0.6 is 0 Å². The lowest BCUT2D eigenvalue weighted by Crippen LogP contribution is -2.45. The second kappa shape index (κ2) is 5.56. The van der Waals surface area contributed by atoms with Gasteiger partial charge in [0.2, 0.25) is 12.7 Å². The summed E-state index contributed by atoms with van der Waals surface area (Å²) in [7, 11) is 0. The number of benzene rings is 2. The first-order valence-corrected chi connectivity index (χ1v) is 7.73. The predicted octanol–water partition coefficient (Wildman–Crippen LogP) is 1.64. The number of rotatable bonds is 2. The molecule has 2 heterocycles. The van der Waals surface area contributed by atoms with Crippen molar-refractivity contribution in [2.45, 2.75) is 12.5 Å². The molecule has 2 aliphatic rings. The van der Waals surface area contributed by atoms with Crippen molar-refractivity contribution in [3.05, 3.63) is 59.2 Å². The van der Waals surface area contributed by atoms with Crippen molar-refractivity contribution in [3.8, 4) is 11.5 Å². The number of amides is 2. The minimum absolute atomic E-state index is 0.0850. The molecule has 122 valence electrons. The van der Waals surface area contributed by atoms with Crippen molar-refractivity contribution in [3.63, 3.8) is 0 Å². The summed E-state index contributed by atoms with van der Waals surface area (Å²) in [6.07, 6.45) is 0.679. The number of hydrogen-bond donors (Lipinski definition) is 1. The van der Waals surface area contributed by atoms with E-state index in [1.165, 1.54) is 4.90 Å². The normalized spacial score (nSPS) is 18.2. The Kier molecular flexibility index (Phi) is 3.37. The van der Waals surface area contributed by atoms with Crippen molar-refractivity contribution >= 4 is 11.8 Å². The minimum atomic E-state index is -0.777. The molecule has 6 heteroatoms. The minimum Gasteiger partial charge on any atom is -0.454 e. The largest absolute Gasteiger partial charge is 0.454 e. The van der Waals surface area contributed by atoms with Gasteiger partial charge in [-0.1, -0.05) is 30.3 Å². The van der Waals surface area contributed by atoms with E-state index in [-0.39, 0.29) is 12.7 Å². The number of carbonyl (C=O) groups excluding carboxylic acids is 2. The molecule has 0 aliphatic carbocycles. The number of hydrogen-bond acceptors (Lipinski definition) is 4. The SMILES string of the molecule is NC(=O)C1c2ccccc2CCN1C(=O)c1cccc2c1OCO2. The van der Waals surface area contributed by atoms with E-state index in [1.54, 1.807) is 18.2 Å². The van der Waals surface area contributed by atoms with Crippen molar-refractivity contribution in [1.82, 2.24) is 4.90 Å². The van der Waals surface area contributed by atoms with E-state index < -0.39 is 11.9 Å². The monoisotopic (exact) mass is 324 g/mol. The molecule has 1 unspecified atom stereocenters. The summed E-state index contributed by atoms with van der Waals surface area (Å²) in [6.45, 7) is 0.510. The molecule has 6 nitrogen and oxygen atoms in total. The molecular weight excluding hydrogens is 308 g/mol. The Bertz CT molecular complexity index is 834. The molecule has 0 spiro atoms. The van der Waals surface area contributed by atoms with Gasteiger partial charge < -0.3 is 20.1 Å². The molecule has 2 amide bonds. The van der Waals surface area contributed by atoms with E-state index in [2.05, 4.69) is 0 Å². The zero-order chi connectivity index (χ0) is 16.7. The number of fused-ring (bicyclic) bond motifs is 2. The standard InChI is InChI=1S/C18H16N2O4/c19-17(21)15-12-5-2-1-4-11(12)8-9-20(15)18(22)13-6-3-7-14-16(13)24-10-23-14/h1-7,15H,8-10H2,(H2,19,21). The van der Waals surface area contributed by atoms with E-state index in [9.17, 15) is 9.59 Å². The summed E-state index contributed by atoms with van der Waals surface area (Å²) >= 11 is 0. The van der Waals surface area contributed by atoms with Crippen LogP contribution in [0.2, 0.25) is 0 Å². The molecule has 0 radical (unpaired) electrons. The maximum Gasteiger partial charge on any atom is 0.258 e. The number of nitrogens with zero attached hydrogens (tertiary/aromatic N) is 1. The summed E-state index contributed by atoms with van der Waals surface area (Å²) in [5.41, 5.74) is 7.83. The van der Waals surface area contributed by atoms with Crippen LogP contribution in [0, 0.1) is 0 Å². The molecule has 24 heavy (non-hydrogen) atoms. The first kappa shape index (κ1) is 14.6. The molecule has 2 aromatic carbocycles. The summed E-state index contributed by atoms with van der Waals surface area (Å²) < 4.78 is 10.7. The average Bonchev–Trinajstić information content (AvgIpc) is 3.08. The summed E-state index contributed by atoms with van der Waals surface area (Å²) in [5, 5.41) is 0. The number of nitrogens with two attached hydrogens (primary N) is 1. The van der Waals surface area contributed by atoms with Gasteiger partial charge in [0.25, 0.3) is 5.91 Å². The van der Waals surface area contributed by atoms with E-state index in [0.717, 1.165) is 11.1 Å². The topological polar surface area (TPSA) is 81.9 Å². The molecule has 2 N–H and O–H groups in total. The fourth-order valence-corrected chi connectivity index (χ4v) is 3.35. The van der Waals surface area contributed by atoms with Gasteiger partial charge in [-0.15, -0.1) is 0 Å². The highest BCUT2D eigenvalue weighted by Gasteiger charge is 2.36. The van der Waals surface area contributed by atoms with Crippen LogP contribution in [-0.4, -0.2) is 30.1 Å². The Hall–Kier alpha value is -3.02. The van der Waals surface area contributed by atoms with Gasteiger partial charge in [-0.05, 0) is 29.7 Å². The number of ether oxygens (including phenoxy) is 2. The lowest BCUT2D eigenvalue weighted by molar-refractivity contribution is -0.123. The van der Waals surface area contributed by atoms with Crippen LogP contribution in [0.1, 0.15) is 27.5 Å².